The number of benzene rings is 1. The lowest BCUT2D eigenvalue weighted by atomic mass is 10.0. The zero-order valence-corrected chi connectivity index (χ0v) is 20.2. The van der Waals surface area contributed by atoms with E-state index in [1.807, 2.05) is 25.1 Å². The van der Waals surface area contributed by atoms with Crippen molar-refractivity contribution in [2.75, 3.05) is 6.54 Å². The molecule has 1 fully saturated rings. The van der Waals surface area contributed by atoms with Gasteiger partial charge in [0, 0.05) is 12.7 Å². The molecule has 0 atom stereocenters. The van der Waals surface area contributed by atoms with Gasteiger partial charge in [-0.15, -0.1) is 6.58 Å². The second-order valence-corrected chi connectivity index (χ2v) is 9.62. The fourth-order valence-electron chi connectivity index (χ4n) is 3.51. The lowest BCUT2D eigenvalue weighted by Gasteiger charge is -2.16. The largest absolute Gasteiger partial charge is 0.438 e. The molecule has 0 spiro atoms. The van der Waals surface area contributed by atoms with Gasteiger partial charge in [-0.25, -0.2) is 0 Å². The van der Waals surface area contributed by atoms with Crippen molar-refractivity contribution in [3.63, 3.8) is 0 Å². The number of nitrogens with zero attached hydrogens (tertiary/aromatic N) is 3. The predicted octanol–water partition coefficient (Wildman–Crippen LogP) is 5.31. The highest BCUT2D eigenvalue weighted by molar-refractivity contribution is 8.26. The maximum Gasteiger partial charge on any atom is 0.269 e. The van der Waals surface area contributed by atoms with Crippen molar-refractivity contribution in [3.05, 3.63) is 87.2 Å². The summed E-state index contributed by atoms with van der Waals surface area (Å²) in [6, 6.07) is 11.3. The van der Waals surface area contributed by atoms with E-state index in [1.165, 1.54) is 15.4 Å². The summed E-state index contributed by atoms with van der Waals surface area (Å²) in [4.78, 5) is 32.7. The number of rotatable bonds is 6. The molecule has 4 rings (SSSR count). The van der Waals surface area contributed by atoms with Gasteiger partial charge < -0.3 is 4.74 Å². The summed E-state index contributed by atoms with van der Waals surface area (Å²) in [6.45, 7) is 10.1. The van der Waals surface area contributed by atoms with Gasteiger partial charge in [-0.05, 0) is 48.2 Å². The summed E-state index contributed by atoms with van der Waals surface area (Å²) in [5.41, 5.74) is 2.34. The lowest BCUT2D eigenvalue weighted by molar-refractivity contribution is -0.121. The van der Waals surface area contributed by atoms with E-state index in [2.05, 4.69) is 25.4 Å². The number of aryl methyl sites for hydroxylation is 1. The number of aromatic nitrogens is 2. The summed E-state index contributed by atoms with van der Waals surface area (Å²) in [5.74, 6) is 0.714. The molecule has 33 heavy (non-hydrogen) atoms. The zero-order valence-electron chi connectivity index (χ0n) is 18.6. The van der Waals surface area contributed by atoms with Gasteiger partial charge >= 0.3 is 0 Å². The number of hydrogen-bond acceptors (Lipinski definition) is 6. The molecule has 0 unspecified atom stereocenters. The highest BCUT2D eigenvalue weighted by Gasteiger charge is 2.32. The highest BCUT2D eigenvalue weighted by Crippen LogP contribution is 2.35. The minimum atomic E-state index is -0.330. The van der Waals surface area contributed by atoms with Crippen molar-refractivity contribution in [1.29, 1.82) is 0 Å². The molecular formula is C25H23N3O3S2. The molecule has 1 aliphatic rings. The summed E-state index contributed by atoms with van der Waals surface area (Å²) >= 11 is 6.48. The second kappa shape index (κ2) is 9.33. The van der Waals surface area contributed by atoms with Crippen LogP contribution in [0.1, 0.15) is 36.5 Å². The number of carbonyl (C=O) groups excluding carboxylic acids is 1. The second-order valence-electron chi connectivity index (χ2n) is 7.94. The molecule has 3 heterocycles. The van der Waals surface area contributed by atoms with Crippen molar-refractivity contribution in [2.24, 2.45) is 0 Å². The van der Waals surface area contributed by atoms with E-state index < -0.39 is 0 Å². The number of pyridine rings is 1. The van der Waals surface area contributed by atoms with Crippen molar-refractivity contribution in [2.45, 2.75) is 26.7 Å². The van der Waals surface area contributed by atoms with Crippen molar-refractivity contribution < 1.29 is 9.53 Å². The summed E-state index contributed by atoms with van der Waals surface area (Å²) in [7, 11) is 0. The van der Waals surface area contributed by atoms with E-state index in [1.54, 1.807) is 30.5 Å². The Labute approximate surface area is 201 Å². The standard InChI is InChI=1S/C25H23N3O3S2/c1-5-11-28-24(30)20(33-25(28)32)14-18-22(26-21-8-6-7-12-27(21)23(18)29)31-19-13-16(4)9-10-17(19)15(2)3/h5-10,12-15H,1,11H2,2-4H3/b20-14+. The molecule has 1 aromatic carbocycles. The van der Waals surface area contributed by atoms with Crippen molar-refractivity contribution in [1.82, 2.24) is 14.3 Å². The number of carbonyl (C=O) groups is 1. The average molecular weight is 478 g/mol. The summed E-state index contributed by atoms with van der Waals surface area (Å²) in [6.07, 6.45) is 4.78. The predicted molar refractivity (Wildman–Crippen MR) is 137 cm³/mol. The third kappa shape index (κ3) is 4.49. The van der Waals surface area contributed by atoms with Crippen LogP contribution < -0.4 is 10.3 Å². The fraction of sp³-hybridized carbons (Fsp3) is 0.200. The Morgan fingerprint density at radius 2 is 2.03 bits per heavy atom. The number of ether oxygens (including phenoxy) is 1. The molecule has 0 radical (unpaired) electrons. The molecule has 2 aromatic heterocycles. The maximum atomic E-state index is 13.4. The Bertz CT molecular complexity index is 1380. The summed E-state index contributed by atoms with van der Waals surface area (Å²) in [5, 5.41) is 0. The first kappa shape index (κ1) is 22.9. The fourth-order valence-corrected chi connectivity index (χ4v) is 4.77. The normalized spacial score (nSPS) is 15.2. The summed E-state index contributed by atoms with van der Waals surface area (Å²) < 4.78 is 8.12. The van der Waals surface area contributed by atoms with Crippen LogP contribution in [-0.2, 0) is 4.79 Å². The zero-order chi connectivity index (χ0) is 23.7. The van der Waals surface area contributed by atoms with Gasteiger partial charge in [0.25, 0.3) is 11.5 Å². The molecule has 6 nitrogen and oxygen atoms in total. The van der Waals surface area contributed by atoms with Crippen molar-refractivity contribution in [3.8, 4) is 11.6 Å². The molecule has 168 valence electrons. The van der Waals surface area contributed by atoms with Gasteiger partial charge in [-0.3, -0.25) is 18.9 Å². The molecule has 0 aliphatic carbocycles. The number of amides is 1. The van der Waals surface area contributed by atoms with Crippen LogP contribution in [0.2, 0.25) is 0 Å². The average Bonchev–Trinajstić information content (AvgIpc) is 3.04. The number of thioether (sulfide) groups is 1. The van der Waals surface area contributed by atoms with Gasteiger partial charge in [0.2, 0.25) is 5.88 Å². The minimum Gasteiger partial charge on any atom is -0.438 e. The monoisotopic (exact) mass is 477 g/mol. The van der Waals surface area contributed by atoms with Crippen LogP contribution in [0.25, 0.3) is 11.7 Å². The first-order chi connectivity index (χ1) is 15.8. The first-order valence-electron chi connectivity index (χ1n) is 10.5. The van der Waals surface area contributed by atoms with Gasteiger partial charge in [0.15, 0.2) is 0 Å². The lowest BCUT2D eigenvalue weighted by Crippen LogP contribution is -2.28. The molecule has 8 heteroatoms. The molecule has 0 saturated carbocycles. The van der Waals surface area contributed by atoms with E-state index in [0.717, 1.165) is 22.9 Å². The maximum absolute atomic E-state index is 13.4. The van der Waals surface area contributed by atoms with E-state index in [4.69, 9.17) is 17.0 Å². The van der Waals surface area contributed by atoms with Crippen LogP contribution in [0.5, 0.6) is 11.6 Å². The topological polar surface area (TPSA) is 63.9 Å². The number of thiocarbonyl (C=S) groups is 1. The Kier molecular flexibility index (Phi) is 6.49. The van der Waals surface area contributed by atoms with Crippen LogP contribution in [-0.4, -0.2) is 31.1 Å². The Morgan fingerprint density at radius 3 is 2.76 bits per heavy atom. The van der Waals surface area contributed by atoms with Gasteiger partial charge in [0.05, 0.1) is 4.91 Å². The van der Waals surface area contributed by atoms with E-state index >= 15 is 0 Å². The Balaban J connectivity index is 1.89. The van der Waals surface area contributed by atoms with Crippen molar-refractivity contribution >= 4 is 45.9 Å². The van der Waals surface area contributed by atoms with E-state index in [0.29, 0.717) is 27.2 Å². The number of fused-ring (bicyclic) bond motifs is 1. The Morgan fingerprint density at radius 1 is 1.24 bits per heavy atom. The molecular weight excluding hydrogens is 454 g/mol. The van der Waals surface area contributed by atoms with E-state index in [9.17, 15) is 9.59 Å². The molecule has 0 N–H and O–H groups in total. The molecule has 1 aliphatic heterocycles. The van der Waals surface area contributed by atoms with E-state index in [-0.39, 0.29) is 28.8 Å². The van der Waals surface area contributed by atoms with Crippen LogP contribution in [0.15, 0.2) is 64.9 Å². The van der Waals surface area contributed by atoms with Crippen LogP contribution in [0.3, 0.4) is 0 Å². The first-order valence-corrected chi connectivity index (χ1v) is 11.7. The van der Waals surface area contributed by atoms with Gasteiger partial charge in [0.1, 0.15) is 21.3 Å². The van der Waals surface area contributed by atoms with Crippen LogP contribution in [0, 0.1) is 6.92 Å². The molecule has 0 bridgehead atoms. The highest BCUT2D eigenvalue weighted by atomic mass is 32.2. The van der Waals surface area contributed by atoms with Crippen LogP contribution in [0.4, 0.5) is 0 Å². The molecule has 1 amide bonds. The third-order valence-corrected chi connectivity index (χ3v) is 6.57. The smallest absolute Gasteiger partial charge is 0.269 e. The molecule has 3 aromatic rings. The molecule has 1 saturated heterocycles. The quantitative estimate of drug-likeness (QED) is 0.273. The SMILES string of the molecule is C=CCN1C(=O)/C(=C\c2c(Oc3cc(C)ccc3C(C)C)nc3ccccn3c2=O)SC1=S. The third-order valence-electron chi connectivity index (χ3n) is 5.19. The number of hydrogen-bond donors (Lipinski definition) is 0. The Hall–Kier alpha value is -3.23. The minimum absolute atomic E-state index is 0.146. The van der Waals surface area contributed by atoms with Crippen LogP contribution >= 0.6 is 24.0 Å². The van der Waals surface area contributed by atoms with Gasteiger partial charge in [-0.2, -0.15) is 4.98 Å². The van der Waals surface area contributed by atoms with Gasteiger partial charge in [-0.1, -0.05) is 62.1 Å².